The molecule has 1 unspecified atom stereocenters. The summed E-state index contributed by atoms with van der Waals surface area (Å²) in [5.74, 6) is 1.67. The standard InChI is InChI=1S/C17H29N7O.HI/c1-18-17(19-10-15(21(2)3)13-5-6-13)23-7-8-24(16(25)12-23)14-9-20-22(4)11-14;/h9,11,13,15H,5-8,10,12H2,1-4H3,(H,18,19);1H. The van der Waals surface area contributed by atoms with E-state index in [2.05, 4.69) is 34.4 Å². The summed E-state index contributed by atoms with van der Waals surface area (Å²) in [4.78, 5) is 23.1. The Kier molecular flexibility index (Phi) is 7.27. The summed E-state index contributed by atoms with van der Waals surface area (Å²) in [5.41, 5.74) is 0.858. The number of amides is 1. The van der Waals surface area contributed by atoms with E-state index >= 15 is 0 Å². The molecule has 9 heteroatoms. The number of hydrogen-bond donors (Lipinski definition) is 1. The summed E-state index contributed by atoms with van der Waals surface area (Å²) in [6, 6.07) is 0.518. The summed E-state index contributed by atoms with van der Waals surface area (Å²) in [6.07, 6.45) is 6.23. The zero-order chi connectivity index (χ0) is 18.0. The van der Waals surface area contributed by atoms with E-state index in [0.29, 0.717) is 19.1 Å². The van der Waals surface area contributed by atoms with E-state index < -0.39 is 0 Å². The quantitative estimate of drug-likeness (QED) is 0.384. The van der Waals surface area contributed by atoms with Crippen LogP contribution in [0.25, 0.3) is 0 Å². The zero-order valence-electron chi connectivity index (χ0n) is 16.1. The number of rotatable bonds is 5. The SMILES string of the molecule is CN=C(NCC(C1CC1)N(C)C)N1CCN(c2cnn(C)c2)C(=O)C1.I. The molecule has 1 aromatic heterocycles. The number of anilines is 1. The molecule has 2 fully saturated rings. The minimum Gasteiger partial charge on any atom is -0.355 e. The first-order chi connectivity index (χ1) is 12.0. The van der Waals surface area contributed by atoms with Gasteiger partial charge in [-0.3, -0.25) is 14.5 Å². The summed E-state index contributed by atoms with van der Waals surface area (Å²) in [5, 5.41) is 7.62. The molecule has 1 atom stereocenters. The normalized spacial score (nSPS) is 19.6. The molecule has 1 amide bonds. The van der Waals surface area contributed by atoms with Crippen LogP contribution in [-0.2, 0) is 11.8 Å². The minimum atomic E-state index is 0. The van der Waals surface area contributed by atoms with Gasteiger partial charge in [0.15, 0.2) is 5.96 Å². The predicted molar refractivity (Wildman–Crippen MR) is 114 cm³/mol. The van der Waals surface area contributed by atoms with Gasteiger partial charge in [-0.2, -0.15) is 5.10 Å². The highest BCUT2D eigenvalue weighted by Gasteiger charge is 2.33. The molecule has 1 aliphatic heterocycles. The smallest absolute Gasteiger partial charge is 0.246 e. The van der Waals surface area contributed by atoms with Gasteiger partial charge in [-0.1, -0.05) is 0 Å². The van der Waals surface area contributed by atoms with E-state index in [1.54, 1.807) is 22.8 Å². The van der Waals surface area contributed by atoms with Gasteiger partial charge in [-0.05, 0) is 32.9 Å². The van der Waals surface area contributed by atoms with Crippen LogP contribution in [-0.4, -0.2) is 84.8 Å². The first-order valence-corrected chi connectivity index (χ1v) is 8.90. The van der Waals surface area contributed by atoms with Crippen molar-refractivity contribution in [1.29, 1.82) is 0 Å². The number of carbonyl (C=O) groups is 1. The van der Waals surface area contributed by atoms with Crippen LogP contribution in [0.3, 0.4) is 0 Å². The number of nitrogens with one attached hydrogen (secondary N) is 1. The fraction of sp³-hybridized carbons (Fsp3) is 0.706. The second-order valence-electron chi connectivity index (χ2n) is 7.14. The van der Waals surface area contributed by atoms with Gasteiger partial charge in [0.1, 0.15) is 6.54 Å². The third kappa shape index (κ3) is 4.87. The molecular formula is C17H30IN7O. The lowest BCUT2D eigenvalue weighted by Crippen LogP contribution is -2.56. The van der Waals surface area contributed by atoms with Gasteiger partial charge < -0.3 is 20.0 Å². The van der Waals surface area contributed by atoms with Crippen LogP contribution in [0, 0.1) is 5.92 Å². The van der Waals surface area contributed by atoms with E-state index in [0.717, 1.165) is 30.7 Å². The highest BCUT2D eigenvalue weighted by atomic mass is 127. The first-order valence-electron chi connectivity index (χ1n) is 8.90. The number of carbonyl (C=O) groups excluding carboxylic acids is 1. The number of aromatic nitrogens is 2. The van der Waals surface area contributed by atoms with Crippen LogP contribution in [0.5, 0.6) is 0 Å². The molecule has 0 bridgehead atoms. The lowest BCUT2D eigenvalue weighted by Gasteiger charge is -2.36. The van der Waals surface area contributed by atoms with Crippen molar-refractivity contribution in [2.45, 2.75) is 18.9 Å². The van der Waals surface area contributed by atoms with E-state index in [4.69, 9.17) is 0 Å². The number of aryl methyl sites for hydroxylation is 1. The van der Waals surface area contributed by atoms with Crippen molar-refractivity contribution in [1.82, 2.24) is 24.9 Å². The molecular weight excluding hydrogens is 445 g/mol. The predicted octanol–water partition coefficient (Wildman–Crippen LogP) is 0.602. The summed E-state index contributed by atoms with van der Waals surface area (Å²) >= 11 is 0. The summed E-state index contributed by atoms with van der Waals surface area (Å²) < 4.78 is 1.72. The number of guanidine groups is 1. The van der Waals surface area contributed by atoms with Gasteiger partial charge in [-0.25, -0.2) is 0 Å². The number of piperazine rings is 1. The van der Waals surface area contributed by atoms with Crippen LogP contribution in [0.15, 0.2) is 17.4 Å². The largest absolute Gasteiger partial charge is 0.355 e. The maximum atomic E-state index is 12.6. The lowest BCUT2D eigenvalue weighted by molar-refractivity contribution is -0.120. The van der Waals surface area contributed by atoms with Gasteiger partial charge in [0.05, 0.1) is 11.9 Å². The Morgan fingerprint density at radius 3 is 2.65 bits per heavy atom. The van der Waals surface area contributed by atoms with Crippen LogP contribution in [0.1, 0.15) is 12.8 Å². The molecule has 26 heavy (non-hydrogen) atoms. The second-order valence-corrected chi connectivity index (χ2v) is 7.14. The molecule has 1 aliphatic carbocycles. The molecule has 1 saturated carbocycles. The minimum absolute atomic E-state index is 0. The third-order valence-electron chi connectivity index (χ3n) is 5.03. The molecule has 1 aromatic rings. The number of likely N-dealkylation sites (N-methyl/N-ethyl adjacent to an activating group) is 1. The fourth-order valence-electron chi connectivity index (χ4n) is 3.45. The molecule has 0 radical (unpaired) electrons. The fourth-order valence-corrected chi connectivity index (χ4v) is 3.45. The second kappa shape index (κ2) is 9.03. The van der Waals surface area contributed by atoms with Crippen molar-refractivity contribution in [3.8, 4) is 0 Å². The van der Waals surface area contributed by atoms with Crippen molar-refractivity contribution in [2.75, 3.05) is 52.2 Å². The van der Waals surface area contributed by atoms with Crippen LogP contribution < -0.4 is 10.2 Å². The molecule has 1 N–H and O–H groups in total. The molecule has 2 heterocycles. The van der Waals surface area contributed by atoms with Gasteiger partial charge in [0.2, 0.25) is 5.91 Å². The Balaban J connectivity index is 0.00000243. The Morgan fingerprint density at radius 1 is 1.42 bits per heavy atom. The Hall–Kier alpha value is -1.36. The highest BCUT2D eigenvalue weighted by molar-refractivity contribution is 14.0. The third-order valence-corrected chi connectivity index (χ3v) is 5.03. The molecule has 1 saturated heterocycles. The van der Waals surface area contributed by atoms with Gasteiger partial charge >= 0.3 is 0 Å². The Labute approximate surface area is 172 Å². The average molecular weight is 475 g/mol. The van der Waals surface area contributed by atoms with Crippen LogP contribution in [0.4, 0.5) is 5.69 Å². The van der Waals surface area contributed by atoms with Gasteiger partial charge in [-0.15, -0.1) is 24.0 Å². The first kappa shape index (κ1) is 20.9. The van der Waals surface area contributed by atoms with E-state index in [9.17, 15) is 4.79 Å². The lowest BCUT2D eigenvalue weighted by atomic mass is 10.1. The number of aliphatic imine (C=N–C) groups is 1. The number of nitrogens with zero attached hydrogens (tertiary/aromatic N) is 6. The maximum absolute atomic E-state index is 12.6. The van der Waals surface area contributed by atoms with E-state index in [1.807, 2.05) is 18.1 Å². The van der Waals surface area contributed by atoms with Crippen molar-refractivity contribution >= 4 is 41.5 Å². The Bertz CT molecular complexity index is 639. The van der Waals surface area contributed by atoms with Crippen LogP contribution >= 0.6 is 24.0 Å². The number of hydrogen-bond acceptors (Lipinski definition) is 4. The molecule has 2 aliphatic rings. The van der Waals surface area contributed by atoms with Crippen molar-refractivity contribution in [3.63, 3.8) is 0 Å². The van der Waals surface area contributed by atoms with Gasteiger partial charge in [0.25, 0.3) is 0 Å². The summed E-state index contributed by atoms with van der Waals surface area (Å²) in [7, 11) is 7.90. The van der Waals surface area contributed by atoms with Crippen molar-refractivity contribution in [3.05, 3.63) is 12.4 Å². The molecule has 0 spiro atoms. The van der Waals surface area contributed by atoms with Crippen molar-refractivity contribution in [2.24, 2.45) is 18.0 Å². The highest BCUT2D eigenvalue weighted by Crippen LogP contribution is 2.34. The van der Waals surface area contributed by atoms with E-state index in [1.165, 1.54) is 12.8 Å². The zero-order valence-corrected chi connectivity index (χ0v) is 18.4. The number of halogens is 1. The monoisotopic (exact) mass is 475 g/mol. The molecule has 146 valence electrons. The topological polar surface area (TPSA) is 69.0 Å². The Morgan fingerprint density at radius 2 is 2.15 bits per heavy atom. The van der Waals surface area contributed by atoms with Crippen LogP contribution in [0.2, 0.25) is 0 Å². The van der Waals surface area contributed by atoms with E-state index in [-0.39, 0.29) is 29.9 Å². The molecule has 8 nitrogen and oxygen atoms in total. The maximum Gasteiger partial charge on any atom is 0.246 e. The summed E-state index contributed by atoms with van der Waals surface area (Å²) in [6.45, 7) is 2.60. The average Bonchev–Trinajstić information content (AvgIpc) is 3.32. The van der Waals surface area contributed by atoms with Crippen molar-refractivity contribution < 1.29 is 4.79 Å². The molecule has 3 rings (SSSR count). The molecule has 0 aromatic carbocycles. The van der Waals surface area contributed by atoms with Gasteiger partial charge in [0, 0.05) is 46.0 Å².